The topological polar surface area (TPSA) is 75.7 Å². The molecule has 1 saturated heterocycles. The zero-order valence-electron chi connectivity index (χ0n) is 12.6. The zero-order valence-corrected chi connectivity index (χ0v) is 12.6. The summed E-state index contributed by atoms with van der Waals surface area (Å²) in [5.74, 6) is -0.796. The van der Waals surface area contributed by atoms with E-state index in [1.807, 2.05) is 12.2 Å². The molecule has 1 heterocycles. The van der Waals surface area contributed by atoms with Gasteiger partial charge in [0.05, 0.1) is 18.9 Å². The number of carbonyl (C=O) groups is 3. The minimum absolute atomic E-state index is 0.129. The maximum atomic E-state index is 12.5. The van der Waals surface area contributed by atoms with Crippen LogP contribution in [0.5, 0.6) is 5.75 Å². The molecule has 2 aliphatic carbocycles. The Balaban J connectivity index is 1.52. The fraction of sp³-hybridized carbons (Fsp3) is 0.353. The molecule has 3 aliphatic rings. The van der Waals surface area contributed by atoms with Gasteiger partial charge >= 0.3 is 0 Å². The van der Waals surface area contributed by atoms with Crippen molar-refractivity contribution in [2.75, 3.05) is 7.11 Å². The van der Waals surface area contributed by atoms with Crippen LogP contribution >= 0.6 is 0 Å². The second-order valence-corrected chi connectivity index (χ2v) is 6.18. The van der Waals surface area contributed by atoms with Crippen molar-refractivity contribution >= 4 is 17.7 Å². The van der Waals surface area contributed by atoms with Gasteiger partial charge in [0, 0.05) is 5.56 Å². The Morgan fingerprint density at radius 3 is 2.17 bits per heavy atom. The van der Waals surface area contributed by atoms with Crippen molar-refractivity contribution in [3.63, 3.8) is 0 Å². The predicted octanol–water partition coefficient (Wildman–Crippen LogP) is 1.15. The van der Waals surface area contributed by atoms with Crippen LogP contribution in [0.3, 0.4) is 0 Å². The van der Waals surface area contributed by atoms with Crippen LogP contribution in [0, 0.1) is 23.7 Å². The first-order valence-corrected chi connectivity index (χ1v) is 7.61. The largest absolute Gasteiger partial charge is 0.497 e. The number of imide groups is 1. The summed E-state index contributed by atoms with van der Waals surface area (Å²) >= 11 is 0. The Labute approximate surface area is 133 Å². The highest BCUT2D eigenvalue weighted by Crippen LogP contribution is 2.52. The van der Waals surface area contributed by atoms with Gasteiger partial charge in [0.2, 0.25) is 0 Å². The molecule has 4 rings (SSSR count). The summed E-state index contributed by atoms with van der Waals surface area (Å²) in [6, 6.07) is 6.49. The maximum absolute atomic E-state index is 12.5. The third-order valence-corrected chi connectivity index (χ3v) is 5.04. The van der Waals surface area contributed by atoms with Crippen molar-refractivity contribution in [2.24, 2.45) is 23.7 Å². The molecule has 4 atom stereocenters. The molecule has 2 fully saturated rings. The van der Waals surface area contributed by atoms with E-state index in [1.54, 1.807) is 24.3 Å². The van der Waals surface area contributed by atoms with Gasteiger partial charge in [-0.3, -0.25) is 19.8 Å². The SMILES string of the molecule is COc1ccc(C(=O)NN2C(=O)[C@@H]3[C@H](C2=O)[C@H]2C=C[C@H]3C2)cc1. The minimum Gasteiger partial charge on any atom is -0.497 e. The lowest BCUT2D eigenvalue weighted by atomic mass is 9.85. The lowest BCUT2D eigenvalue weighted by molar-refractivity contribution is -0.143. The van der Waals surface area contributed by atoms with E-state index in [2.05, 4.69) is 5.43 Å². The molecule has 1 aliphatic heterocycles. The van der Waals surface area contributed by atoms with E-state index in [0.717, 1.165) is 11.4 Å². The van der Waals surface area contributed by atoms with Crippen LogP contribution in [0.4, 0.5) is 0 Å². The number of nitrogens with zero attached hydrogens (tertiary/aromatic N) is 1. The number of amides is 3. The van der Waals surface area contributed by atoms with Crippen LogP contribution in [-0.2, 0) is 9.59 Å². The number of ether oxygens (including phenoxy) is 1. The van der Waals surface area contributed by atoms with Crippen molar-refractivity contribution in [1.29, 1.82) is 0 Å². The van der Waals surface area contributed by atoms with Crippen LogP contribution in [-0.4, -0.2) is 29.8 Å². The van der Waals surface area contributed by atoms with E-state index in [9.17, 15) is 14.4 Å². The van der Waals surface area contributed by atoms with Gasteiger partial charge in [-0.25, -0.2) is 0 Å². The Morgan fingerprint density at radius 2 is 1.65 bits per heavy atom. The lowest BCUT2D eigenvalue weighted by Crippen LogP contribution is -2.47. The molecule has 23 heavy (non-hydrogen) atoms. The summed E-state index contributed by atoms with van der Waals surface area (Å²) in [6.07, 6.45) is 4.91. The van der Waals surface area contributed by atoms with Crippen LogP contribution in [0.1, 0.15) is 16.8 Å². The van der Waals surface area contributed by atoms with Crippen LogP contribution in [0.2, 0.25) is 0 Å². The molecular weight excluding hydrogens is 296 g/mol. The molecule has 1 N–H and O–H groups in total. The van der Waals surface area contributed by atoms with Gasteiger partial charge in [-0.05, 0) is 42.5 Å². The first-order chi connectivity index (χ1) is 11.1. The second-order valence-electron chi connectivity index (χ2n) is 6.18. The van der Waals surface area contributed by atoms with E-state index in [4.69, 9.17) is 4.74 Å². The third-order valence-electron chi connectivity index (χ3n) is 5.04. The van der Waals surface area contributed by atoms with Crippen LogP contribution in [0.25, 0.3) is 0 Å². The molecule has 6 heteroatoms. The fourth-order valence-corrected chi connectivity index (χ4v) is 3.92. The average Bonchev–Trinajstić information content (AvgIpc) is 3.24. The number of nitrogens with one attached hydrogen (secondary N) is 1. The average molecular weight is 312 g/mol. The van der Waals surface area contributed by atoms with Gasteiger partial charge < -0.3 is 4.74 Å². The third kappa shape index (κ3) is 1.98. The Kier molecular flexibility index (Phi) is 3.01. The summed E-state index contributed by atoms with van der Waals surface area (Å²) in [6.45, 7) is 0. The Bertz CT molecular complexity index is 695. The molecule has 1 saturated carbocycles. The number of allylic oxidation sites excluding steroid dienone is 2. The monoisotopic (exact) mass is 312 g/mol. The molecule has 0 aromatic heterocycles. The van der Waals surface area contributed by atoms with Crippen molar-refractivity contribution in [3.8, 4) is 5.75 Å². The maximum Gasteiger partial charge on any atom is 0.270 e. The number of carbonyl (C=O) groups excluding carboxylic acids is 3. The Morgan fingerprint density at radius 1 is 1.09 bits per heavy atom. The van der Waals surface area contributed by atoms with E-state index in [1.165, 1.54) is 7.11 Å². The first kappa shape index (κ1) is 14.0. The molecule has 0 radical (unpaired) electrons. The molecule has 6 nitrogen and oxygen atoms in total. The van der Waals surface area contributed by atoms with E-state index in [-0.39, 0.29) is 35.5 Å². The second kappa shape index (κ2) is 4.94. The smallest absolute Gasteiger partial charge is 0.270 e. The quantitative estimate of drug-likeness (QED) is 0.671. The summed E-state index contributed by atoms with van der Waals surface area (Å²) in [4.78, 5) is 37.3. The van der Waals surface area contributed by atoms with Crippen LogP contribution < -0.4 is 10.2 Å². The molecular formula is C17H16N2O4. The normalized spacial score (nSPS) is 30.7. The molecule has 1 aromatic carbocycles. The zero-order chi connectivity index (χ0) is 16.1. The van der Waals surface area contributed by atoms with Crippen molar-refractivity contribution in [1.82, 2.24) is 10.4 Å². The van der Waals surface area contributed by atoms with E-state index >= 15 is 0 Å². The standard InChI is InChI=1S/C17H16N2O4/c1-23-12-6-4-9(5-7-12)15(20)18-19-16(21)13-10-2-3-11(8-10)14(13)17(19)22/h2-7,10-11,13-14H,8H2,1H3,(H,18,20)/t10-,11-,13-,14+/m0/s1. The first-order valence-electron chi connectivity index (χ1n) is 7.61. The van der Waals surface area contributed by atoms with Gasteiger partial charge in [0.25, 0.3) is 17.7 Å². The number of fused-ring (bicyclic) bond motifs is 5. The van der Waals surface area contributed by atoms with Gasteiger partial charge in [0.1, 0.15) is 5.75 Å². The molecule has 1 aromatic rings. The van der Waals surface area contributed by atoms with Gasteiger partial charge in [0.15, 0.2) is 0 Å². The van der Waals surface area contributed by atoms with Gasteiger partial charge in [-0.15, -0.1) is 0 Å². The molecule has 0 spiro atoms. The highest BCUT2D eigenvalue weighted by Gasteiger charge is 2.59. The van der Waals surface area contributed by atoms with Crippen molar-refractivity contribution in [3.05, 3.63) is 42.0 Å². The lowest BCUT2D eigenvalue weighted by Gasteiger charge is -2.18. The van der Waals surface area contributed by atoms with Crippen LogP contribution in [0.15, 0.2) is 36.4 Å². The molecule has 118 valence electrons. The molecule has 2 bridgehead atoms. The van der Waals surface area contributed by atoms with Crippen molar-refractivity contribution in [2.45, 2.75) is 6.42 Å². The van der Waals surface area contributed by atoms with Gasteiger partial charge in [-0.2, -0.15) is 5.01 Å². The number of methoxy groups -OCH3 is 1. The highest BCUT2D eigenvalue weighted by molar-refractivity contribution is 6.08. The number of hydrogen-bond acceptors (Lipinski definition) is 4. The Hall–Kier alpha value is -2.63. The summed E-state index contributed by atoms with van der Waals surface area (Å²) in [5, 5.41) is 0.911. The summed E-state index contributed by atoms with van der Waals surface area (Å²) in [7, 11) is 1.54. The minimum atomic E-state index is -0.477. The highest BCUT2D eigenvalue weighted by atomic mass is 16.5. The number of hydrogen-bond donors (Lipinski definition) is 1. The van der Waals surface area contributed by atoms with Gasteiger partial charge in [-0.1, -0.05) is 12.2 Å². The number of hydrazine groups is 1. The number of rotatable bonds is 3. The molecule has 0 unspecified atom stereocenters. The predicted molar refractivity (Wildman–Crippen MR) is 80.0 cm³/mol. The fourth-order valence-electron chi connectivity index (χ4n) is 3.92. The van der Waals surface area contributed by atoms with E-state index in [0.29, 0.717) is 11.3 Å². The van der Waals surface area contributed by atoms with Crippen molar-refractivity contribution < 1.29 is 19.1 Å². The summed E-state index contributed by atoms with van der Waals surface area (Å²) < 4.78 is 5.04. The van der Waals surface area contributed by atoms with E-state index < -0.39 is 5.91 Å². The molecule has 3 amide bonds. The summed E-state index contributed by atoms with van der Waals surface area (Å²) in [5.41, 5.74) is 2.82. The number of benzene rings is 1.